The van der Waals surface area contributed by atoms with E-state index in [9.17, 15) is 9.59 Å². The number of aromatic nitrogens is 2. The first-order chi connectivity index (χ1) is 15.5. The van der Waals surface area contributed by atoms with Crippen LogP contribution in [0.5, 0.6) is 0 Å². The maximum absolute atomic E-state index is 13.2. The monoisotopic (exact) mass is 474 g/mol. The molecule has 0 bridgehead atoms. The summed E-state index contributed by atoms with van der Waals surface area (Å²) in [5, 5.41) is 5.04. The first-order valence-corrected chi connectivity index (χ1v) is 12.0. The van der Waals surface area contributed by atoms with Crippen LogP contribution in [0.4, 0.5) is 4.79 Å². The third kappa shape index (κ3) is 6.97. The number of piperidine rings is 1. The Kier molecular flexibility index (Phi) is 8.05. The Bertz CT molecular complexity index is 967. The SMILES string of the molecule is CC(C)N(CC1CCCN(C(=O)c2cnn(Cc3ccccc3Cl)c2)C1)C(=O)OC(C)(C)C. The molecule has 1 aliphatic heterocycles. The van der Waals surface area contributed by atoms with Crippen LogP contribution < -0.4 is 0 Å². The number of hydrogen-bond acceptors (Lipinski definition) is 4. The molecule has 0 saturated carbocycles. The molecule has 1 aromatic heterocycles. The van der Waals surface area contributed by atoms with Gasteiger partial charge in [0.2, 0.25) is 0 Å². The summed E-state index contributed by atoms with van der Waals surface area (Å²) < 4.78 is 7.33. The number of benzene rings is 1. The van der Waals surface area contributed by atoms with Crippen LogP contribution in [0, 0.1) is 5.92 Å². The highest BCUT2D eigenvalue weighted by molar-refractivity contribution is 6.31. The largest absolute Gasteiger partial charge is 0.444 e. The van der Waals surface area contributed by atoms with Gasteiger partial charge < -0.3 is 14.5 Å². The smallest absolute Gasteiger partial charge is 0.410 e. The van der Waals surface area contributed by atoms with E-state index in [1.54, 1.807) is 22.0 Å². The predicted octanol–water partition coefficient (Wildman–Crippen LogP) is 5.08. The number of rotatable bonds is 6. The topological polar surface area (TPSA) is 67.7 Å². The average Bonchev–Trinajstić information content (AvgIpc) is 3.20. The van der Waals surface area contributed by atoms with E-state index in [1.165, 1.54) is 0 Å². The fraction of sp³-hybridized carbons (Fsp3) is 0.560. The van der Waals surface area contributed by atoms with Crippen LogP contribution in [-0.2, 0) is 11.3 Å². The normalized spacial score (nSPS) is 16.7. The lowest BCUT2D eigenvalue weighted by Crippen LogP contribution is -2.48. The molecule has 8 heteroatoms. The van der Waals surface area contributed by atoms with Crippen molar-refractivity contribution in [2.75, 3.05) is 19.6 Å². The highest BCUT2D eigenvalue weighted by Crippen LogP contribution is 2.22. The van der Waals surface area contributed by atoms with Gasteiger partial charge in [-0.1, -0.05) is 29.8 Å². The molecule has 2 amide bonds. The molecule has 1 atom stereocenters. The van der Waals surface area contributed by atoms with Gasteiger partial charge >= 0.3 is 6.09 Å². The van der Waals surface area contributed by atoms with Crippen molar-refractivity contribution in [3.05, 3.63) is 52.8 Å². The van der Waals surface area contributed by atoms with Crippen LogP contribution in [0.2, 0.25) is 5.02 Å². The summed E-state index contributed by atoms with van der Waals surface area (Å²) in [6.45, 7) is 12.0. The van der Waals surface area contributed by atoms with Crippen molar-refractivity contribution in [2.45, 2.75) is 65.6 Å². The van der Waals surface area contributed by atoms with Crippen molar-refractivity contribution in [1.82, 2.24) is 19.6 Å². The minimum atomic E-state index is -0.539. The predicted molar refractivity (Wildman–Crippen MR) is 129 cm³/mol. The summed E-state index contributed by atoms with van der Waals surface area (Å²) in [7, 11) is 0. The molecule has 33 heavy (non-hydrogen) atoms. The van der Waals surface area contributed by atoms with Crippen LogP contribution in [0.3, 0.4) is 0 Å². The molecular formula is C25H35ClN4O3. The molecule has 2 aromatic rings. The van der Waals surface area contributed by atoms with E-state index < -0.39 is 5.60 Å². The number of likely N-dealkylation sites (tertiary alicyclic amines) is 1. The molecule has 1 fully saturated rings. The molecular weight excluding hydrogens is 440 g/mol. The number of carbonyl (C=O) groups is 2. The lowest BCUT2D eigenvalue weighted by molar-refractivity contribution is 0.0124. The number of amides is 2. The zero-order valence-corrected chi connectivity index (χ0v) is 21.0. The van der Waals surface area contributed by atoms with Crippen molar-refractivity contribution in [2.24, 2.45) is 5.92 Å². The van der Waals surface area contributed by atoms with Crippen LogP contribution in [-0.4, -0.2) is 62.9 Å². The number of ether oxygens (including phenoxy) is 1. The molecule has 0 aliphatic carbocycles. The van der Waals surface area contributed by atoms with Crippen LogP contribution in [0.25, 0.3) is 0 Å². The molecule has 0 spiro atoms. The molecule has 1 aliphatic rings. The molecule has 3 rings (SSSR count). The van der Waals surface area contributed by atoms with Gasteiger partial charge in [0.05, 0.1) is 18.3 Å². The zero-order valence-electron chi connectivity index (χ0n) is 20.3. The summed E-state index contributed by atoms with van der Waals surface area (Å²) in [5.41, 5.74) is 0.980. The molecule has 7 nitrogen and oxygen atoms in total. The number of halogens is 1. The third-order valence-electron chi connectivity index (χ3n) is 5.68. The van der Waals surface area contributed by atoms with Crippen molar-refractivity contribution in [3.8, 4) is 0 Å². The van der Waals surface area contributed by atoms with Gasteiger partial charge in [-0.3, -0.25) is 9.48 Å². The van der Waals surface area contributed by atoms with Crippen molar-refractivity contribution < 1.29 is 14.3 Å². The summed E-state index contributed by atoms with van der Waals surface area (Å²) in [4.78, 5) is 29.5. The lowest BCUT2D eigenvalue weighted by atomic mass is 9.96. The first-order valence-electron chi connectivity index (χ1n) is 11.6. The summed E-state index contributed by atoms with van der Waals surface area (Å²) >= 11 is 6.25. The van der Waals surface area contributed by atoms with E-state index in [-0.39, 0.29) is 24.0 Å². The Morgan fingerprint density at radius 1 is 1.27 bits per heavy atom. The second kappa shape index (κ2) is 10.6. The Morgan fingerprint density at radius 2 is 2.00 bits per heavy atom. The van der Waals surface area contributed by atoms with E-state index >= 15 is 0 Å². The van der Waals surface area contributed by atoms with Gasteiger partial charge in [-0.2, -0.15) is 5.10 Å². The van der Waals surface area contributed by atoms with Gasteiger partial charge in [0.1, 0.15) is 5.60 Å². The van der Waals surface area contributed by atoms with Crippen LogP contribution in [0.15, 0.2) is 36.7 Å². The van der Waals surface area contributed by atoms with E-state index in [0.29, 0.717) is 36.8 Å². The minimum Gasteiger partial charge on any atom is -0.444 e. The van der Waals surface area contributed by atoms with Crippen molar-refractivity contribution in [3.63, 3.8) is 0 Å². The fourth-order valence-electron chi connectivity index (χ4n) is 4.04. The van der Waals surface area contributed by atoms with E-state index in [1.807, 2.05) is 63.8 Å². The van der Waals surface area contributed by atoms with E-state index in [2.05, 4.69) is 5.10 Å². The van der Waals surface area contributed by atoms with Gasteiger partial charge in [0.25, 0.3) is 5.91 Å². The van der Waals surface area contributed by atoms with Gasteiger partial charge in [0.15, 0.2) is 0 Å². The molecule has 1 saturated heterocycles. The van der Waals surface area contributed by atoms with Gasteiger partial charge in [0, 0.05) is 36.9 Å². The maximum Gasteiger partial charge on any atom is 0.410 e. The summed E-state index contributed by atoms with van der Waals surface area (Å²) in [6, 6.07) is 7.64. The quantitative estimate of drug-likeness (QED) is 0.585. The van der Waals surface area contributed by atoms with Gasteiger partial charge in [-0.15, -0.1) is 0 Å². The molecule has 180 valence electrons. The van der Waals surface area contributed by atoms with Crippen molar-refractivity contribution in [1.29, 1.82) is 0 Å². The molecule has 1 aromatic carbocycles. The first kappa shape index (κ1) is 25.1. The molecule has 1 unspecified atom stereocenters. The standard InChI is InChI=1S/C25H35ClN4O3/c1-18(2)30(24(32)33-25(3,4)5)15-19-9-8-12-28(14-19)23(31)21-13-27-29(17-21)16-20-10-6-7-11-22(20)26/h6-7,10-11,13,17-19H,8-9,12,14-16H2,1-5H3. The zero-order chi connectivity index (χ0) is 24.2. The highest BCUT2D eigenvalue weighted by atomic mass is 35.5. The third-order valence-corrected chi connectivity index (χ3v) is 6.05. The number of hydrogen-bond donors (Lipinski definition) is 0. The van der Waals surface area contributed by atoms with Gasteiger partial charge in [-0.05, 0) is 65.0 Å². The molecule has 0 N–H and O–H groups in total. The lowest BCUT2D eigenvalue weighted by Gasteiger charge is -2.37. The molecule has 2 heterocycles. The Hall–Kier alpha value is -2.54. The van der Waals surface area contributed by atoms with Crippen LogP contribution in [0.1, 0.15) is 63.4 Å². The Balaban J connectivity index is 1.63. The maximum atomic E-state index is 13.2. The highest BCUT2D eigenvalue weighted by Gasteiger charge is 2.30. The van der Waals surface area contributed by atoms with Crippen molar-refractivity contribution >= 4 is 23.6 Å². The van der Waals surface area contributed by atoms with Crippen LogP contribution >= 0.6 is 11.6 Å². The summed E-state index contributed by atoms with van der Waals surface area (Å²) in [6.07, 6.45) is 4.97. The number of nitrogens with zero attached hydrogens (tertiary/aromatic N) is 4. The summed E-state index contributed by atoms with van der Waals surface area (Å²) in [5.74, 6) is 0.175. The second-order valence-corrected chi connectivity index (χ2v) is 10.4. The second-order valence-electron chi connectivity index (χ2n) is 10.0. The fourth-order valence-corrected chi connectivity index (χ4v) is 4.23. The van der Waals surface area contributed by atoms with E-state index in [4.69, 9.17) is 16.3 Å². The Labute approximate surface area is 201 Å². The Morgan fingerprint density at radius 3 is 2.67 bits per heavy atom. The van der Waals surface area contributed by atoms with E-state index in [0.717, 1.165) is 18.4 Å². The van der Waals surface area contributed by atoms with Gasteiger partial charge in [-0.25, -0.2) is 4.79 Å². The number of carbonyl (C=O) groups excluding carboxylic acids is 2. The average molecular weight is 475 g/mol. The molecule has 0 radical (unpaired) electrons. The minimum absolute atomic E-state index is 0.0222.